The Morgan fingerprint density at radius 3 is 1.21 bits per heavy atom. The van der Waals surface area contributed by atoms with Gasteiger partial charge in [-0.3, -0.25) is 19.2 Å². The second kappa shape index (κ2) is 26.4. The average Bonchev–Trinajstić information content (AvgIpc) is 2.93. The highest BCUT2D eigenvalue weighted by Gasteiger charge is 2.22. The molecule has 0 aromatic heterocycles. The zero-order chi connectivity index (χ0) is 32.3. The molecule has 0 saturated carbocycles. The number of amides is 3. The number of hydrogen-bond acceptors (Lipinski definition) is 6. The van der Waals surface area contributed by atoms with Crippen LogP contribution in [0.1, 0.15) is 142 Å². The van der Waals surface area contributed by atoms with Crippen LogP contribution >= 0.6 is 0 Å². The third-order valence-electron chi connectivity index (χ3n) is 7.22. The van der Waals surface area contributed by atoms with Crippen LogP contribution in [0.25, 0.3) is 0 Å². The Balaban J connectivity index is 3.62. The van der Waals surface area contributed by atoms with Gasteiger partial charge in [0.05, 0.1) is 6.42 Å². The number of rotatable bonds is 29. The minimum atomic E-state index is -1.39. The van der Waals surface area contributed by atoms with Gasteiger partial charge in [-0.05, 0) is 32.6 Å². The number of nitrogens with one attached hydrogen (secondary N) is 3. The number of carbonyl (C=O) groups excluding carboxylic acids is 3. The van der Waals surface area contributed by atoms with Gasteiger partial charge in [-0.1, -0.05) is 83.5 Å². The van der Waals surface area contributed by atoms with E-state index in [9.17, 15) is 33.9 Å². The molecule has 0 fully saturated rings. The molecule has 0 spiro atoms. The van der Waals surface area contributed by atoms with Crippen LogP contribution in [0.4, 0.5) is 0 Å². The van der Waals surface area contributed by atoms with Crippen LogP contribution in [-0.2, 0) is 28.8 Å². The summed E-state index contributed by atoms with van der Waals surface area (Å²) in [6.45, 7) is 2.42. The van der Waals surface area contributed by atoms with E-state index in [2.05, 4.69) is 16.0 Å². The predicted octanol–water partition coefficient (Wildman–Crippen LogP) is 4.54. The fourth-order valence-corrected chi connectivity index (χ4v) is 4.78. The molecule has 3 amide bonds. The second-order valence-corrected chi connectivity index (χ2v) is 11.2. The van der Waals surface area contributed by atoms with Crippen LogP contribution in [0.2, 0.25) is 0 Å². The lowest BCUT2D eigenvalue weighted by Gasteiger charge is -2.14. The summed E-state index contributed by atoms with van der Waals surface area (Å²) in [5.41, 5.74) is 0. The molecule has 0 aromatic carbocycles. The molecule has 0 heterocycles. The summed E-state index contributed by atoms with van der Waals surface area (Å²) in [5.74, 6) is -4.36. The lowest BCUT2D eigenvalue weighted by atomic mass is 10.0. The third kappa shape index (κ3) is 25.1. The van der Waals surface area contributed by atoms with Gasteiger partial charge >= 0.3 is 17.9 Å². The Morgan fingerprint density at radius 1 is 0.488 bits per heavy atom. The van der Waals surface area contributed by atoms with Gasteiger partial charge in [-0.15, -0.1) is 0 Å². The molecule has 248 valence electrons. The first-order chi connectivity index (χ1) is 20.6. The number of aliphatic carboxylic acids is 3. The Kier molecular flexibility index (Phi) is 24.5. The van der Waals surface area contributed by atoms with Gasteiger partial charge in [-0.2, -0.15) is 0 Å². The lowest BCUT2D eigenvalue weighted by Crippen LogP contribution is -2.42. The van der Waals surface area contributed by atoms with E-state index in [4.69, 9.17) is 10.2 Å². The van der Waals surface area contributed by atoms with Crippen molar-refractivity contribution in [1.29, 1.82) is 0 Å². The number of carboxylic acid groups (broad SMARTS) is 3. The highest BCUT2D eigenvalue weighted by molar-refractivity contribution is 5.86. The summed E-state index contributed by atoms with van der Waals surface area (Å²) < 4.78 is 0. The molecule has 0 rings (SSSR count). The molecule has 6 N–H and O–H groups in total. The molecule has 0 aliphatic rings. The molecule has 43 heavy (non-hydrogen) atoms. The normalized spacial score (nSPS) is 12.2. The average molecular weight is 614 g/mol. The molecular formula is C31H55N3O9. The molecule has 2 atom stereocenters. The van der Waals surface area contributed by atoms with Gasteiger partial charge in [0.1, 0.15) is 12.1 Å². The summed E-state index contributed by atoms with van der Waals surface area (Å²) in [4.78, 5) is 68.5. The third-order valence-corrected chi connectivity index (χ3v) is 7.22. The van der Waals surface area contributed by atoms with Gasteiger partial charge < -0.3 is 31.3 Å². The van der Waals surface area contributed by atoms with Crippen LogP contribution in [0, 0.1) is 0 Å². The Bertz CT molecular complexity index is 835. The first-order valence-corrected chi connectivity index (χ1v) is 16.1. The van der Waals surface area contributed by atoms with E-state index in [0.29, 0.717) is 45.1 Å². The summed E-state index contributed by atoms with van der Waals surface area (Å²) >= 11 is 0. The highest BCUT2D eigenvalue weighted by Crippen LogP contribution is 2.14. The van der Waals surface area contributed by atoms with E-state index in [0.717, 1.165) is 51.4 Å². The summed E-state index contributed by atoms with van der Waals surface area (Å²) in [5, 5.41) is 34.6. The van der Waals surface area contributed by atoms with Crippen molar-refractivity contribution in [2.45, 2.75) is 154 Å². The molecule has 12 heteroatoms. The smallest absolute Gasteiger partial charge is 0.326 e. The maximum atomic E-state index is 12.1. The molecule has 2 unspecified atom stereocenters. The fraction of sp³-hybridized carbons (Fsp3) is 0.806. The SMILES string of the molecule is CCNC(=O)CCCCC(NC(=O)CCCCCCCCCCCCCCCCC(=O)NC(CC(=O)O)C(=O)O)C(=O)O. The topological polar surface area (TPSA) is 199 Å². The lowest BCUT2D eigenvalue weighted by molar-refractivity contribution is -0.147. The Morgan fingerprint density at radius 2 is 0.837 bits per heavy atom. The highest BCUT2D eigenvalue weighted by atomic mass is 16.4. The van der Waals surface area contributed by atoms with Crippen LogP contribution < -0.4 is 16.0 Å². The minimum Gasteiger partial charge on any atom is -0.481 e. The van der Waals surface area contributed by atoms with E-state index in [-0.39, 0.29) is 18.2 Å². The van der Waals surface area contributed by atoms with E-state index < -0.39 is 42.3 Å². The molecule has 0 radical (unpaired) electrons. The monoisotopic (exact) mass is 613 g/mol. The van der Waals surface area contributed by atoms with Gasteiger partial charge in [0.25, 0.3) is 0 Å². The first kappa shape index (κ1) is 39.8. The molecule has 0 aromatic rings. The molecular weight excluding hydrogens is 558 g/mol. The summed E-state index contributed by atoms with van der Waals surface area (Å²) in [6, 6.07) is -2.30. The predicted molar refractivity (Wildman–Crippen MR) is 162 cm³/mol. The number of carbonyl (C=O) groups is 6. The Hall–Kier alpha value is -3.18. The first-order valence-electron chi connectivity index (χ1n) is 16.1. The van der Waals surface area contributed by atoms with Crippen LogP contribution in [0.3, 0.4) is 0 Å². The minimum absolute atomic E-state index is 0.0426. The number of carboxylic acids is 3. The molecule has 0 bridgehead atoms. The standard InChI is InChI=1S/C31H55N3O9/c1-2-32-26(35)20-18-17-19-24(30(40)41)33-27(36)21-15-13-11-9-7-5-3-4-6-8-10-12-14-16-22-28(37)34-25(31(42)43)23-29(38)39/h24-25H,2-23H2,1H3,(H,32,35)(H,33,36)(H,34,37)(H,38,39)(H,40,41)(H,42,43). The van der Waals surface area contributed by atoms with Crippen molar-refractivity contribution < 1.29 is 44.1 Å². The van der Waals surface area contributed by atoms with E-state index in [1.54, 1.807) is 0 Å². The maximum absolute atomic E-state index is 12.1. The van der Waals surface area contributed by atoms with Crippen molar-refractivity contribution in [3.8, 4) is 0 Å². The molecule has 0 aliphatic heterocycles. The van der Waals surface area contributed by atoms with Crippen molar-refractivity contribution in [3.63, 3.8) is 0 Å². The van der Waals surface area contributed by atoms with Crippen LogP contribution in [0.15, 0.2) is 0 Å². The van der Waals surface area contributed by atoms with Gasteiger partial charge in [0.15, 0.2) is 0 Å². The molecule has 0 aliphatic carbocycles. The zero-order valence-electron chi connectivity index (χ0n) is 26.0. The van der Waals surface area contributed by atoms with Crippen LogP contribution in [0.5, 0.6) is 0 Å². The summed E-state index contributed by atoms with van der Waals surface area (Å²) in [7, 11) is 0. The molecule has 0 saturated heterocycles. The number of unbranched alkanes of at least 4 members (excludes halogenated alkanes) is 14. The van der Waals surface area contributed by atoms with Gasteiger partial charge in [0, 0.05) is 25.8 Å². The fourth-order valence-electron chi connectivity index (χ4n) is 4.78. The largest absolute Gasteiger partial charge is 0.481 e. The van der Waals surface area contributed by atoms with Gasteiger partial charge in [-0.25, -0.2) is 9.59 Å². The van der Waals surface area contributed by atoms with E-state index >= 15 is 0 Å². The quantitative estimate of drug-likeness (QED) is 0.0656. The Labute approximate surface area is 256 Å². The van der Waals surface area contributed by atoms with Crippen molar-refractivity contribution in [1.82, 2.24) is 16.0 Å². The van der Waals surface area contributed by atoms with Crippen molar-refractivity contribution >= 4 is 35.6 Å². The zero-order valence-corrected chi connectivity index (χ0v) is 26.0. The maximum Gasteiger partial charge on any atom is 0.326 e. The van der Waals surface area contributed by atoms with E-state index in [1.165, 1.54) is 32.1 Å². The van der Waals surface area contributed by atoms with E-state index in [1.807, 2.05) is 6.92 Å². The van der Waals surface area contributed by atoms with Crippen molar-refractivity contribution in [2.75, 3.05) is 6.54 Å². The summed E-state index contributed by atoms with van der Waals surface area (Å²) in [6.07, 6.45) is 16.3. The van der Waals surface area contributed by atoms with Crippen molar-refractivity contribution in [2.24, 2.45) is 0 Å². The van der Waals surface area contributed by atoms with Gasteiger partial charge in [0.2, 0.25) is 17.7 Å². The second-order valence-electron chi connectivity index (χ2n) is 11.2. The number of hydrogen-bond donors (Lipinski definition) is 6. The van der Waals surface area contributed by atoms with Crippen LogP contribution in [-0.4, -0.2) is 69.6 Å². The van der Waals surface area contributed by atoms with Crippen molar-refractivity contribution in [3.05, 3.63) is 0 Å². The molecule has 12 nitrogen and oxygen atoms in total.